The highest BCUT2D eigenvalue weighted by atomic mass is 79.9. The largest absolute Gasteiger partial charge is 0.466 e. The van der Waals surface area contributed by atoms with Gasteiger partial charge in [0.15, 0.2) is 0 Å². The molecule has 2 amide bonds. The number of aliphatic hydroxyl groups excluding tert-OH is 1. The molecule has 9 nitrogen and oxygen atoms in total. The molecule has 0 aliphatic carbocycles. The number of halogens is 1. The smallest absolute Gasteiger partial charge is 0.310 e. The highest BCUT2D eigenvalue weighted by Gasteiger charge is 2.76. The second-order valence-corrected chi connectivity index (χ2v) is 13.4. The number of esters is 1. The van der Waals surface area contributed by atoms with E-state index in [1.165, 1.54) is 0 Å². The minimum atomic E-state index is -0.774. The van der Waals surface area contributed by atoms with Crippen LogP contribution in [-0.2, 0) is 23.9 Å². The van der Waals surface area contributed by atoms with Crippen molar-refractivity contribution >= 4 is 45.5 Å². The van der Waals surface area contributed by atoms with Gasteiger partial charge < -0.3 is 24.4 Å². The minimum Gasteiger partial charge on any atom is -0.466 e. The Morgan fingerprint density at radius 2 is 2.08 bits per heavy atom. The highest BCUT2D eigenvalue weighted by Crippen LogP contribution is 2.68. The van der Waals surface area contributed by atoms with E-state index in [2.05, 4.69) is 27.4 Å². The summed E-state index contributed by atoms with van der Waals surface area (Å²) in [6.45, 7) is 14.1. The molecule has 4 fully saturated rings. The summed E-state index contributed by atoms with van der Waals surface area (Å²) < 4.78 is 10.1. The Balaban J connectivity index is 1.71. The van der Waals surface area contributed by atoms with Crippen LogP contribution >= 0.6 is 27.7 Å². The van der Waals surface area contributed by atoms with Gasteiger partial charge in [-0.1, -0.05) is 35.9 Å². The molecule has 0 aromatic carbocycles. The van der Waals surface area contributed by atoms with E-state index in [1.54, 1.807) is 34.6 Å². The molecule has 1 N–H and O–H groups in total. The van der Waals surface area contributed by atoms with Crippen molar-refractivity contribution in [1.29, 1.82) is 0 Å². The van der Waals surface area contributed by atoms with Crippen molar-refractivity contribution < 1.29 is 29.0 Å². The summed E-state index contributed by atoms with van der Waals surface area (Å²) in [6.07, 6.45) is 2.32. The molecule has 37 heavy (non-hydrogen) atoms. The maximum absolute atomic E-state index is 14.5. The van der Waals surface area contributed by atoms with Gasteiger partial charge in [0.25, 0.3) is 0 Å². The monoisotopic (exact) mass is 601 g/mol. The van der Waals surface area contributed by atoms with Gasteiger partial charge in [-0.05, 0) is 19.3 Å². The lowest BCUT2D eigenvalue weighted by molar-refractivity contribution is -0.154. The Kier molecular flexibility index (Phi) is 9.31. The van der Waals surface area contributed by atoms with E-state index in [0.717, 1.165) is 13.1 Å². The maximum Gasteiger partial charge on any atom is 0.310 e. The van der Waals surface area contributed by atoms with E-state index in [4.69, 9.17) is 9.47 Å². The number of hydrogen-bond donors (Lipinski definition) is 1. The van der Waals surface area contributed by atoms with Crippen molar-refractivity contribution in [2.75, 3.05) is 59.2 Å². The molecule has 4 aliphatic heterocycles. The lowest BCUT2D eigenvalue weighted by Gasteiger charge is -2.41. The second kappa shape index (κ2) is 11.9. The van der Waals surface area contributed by atoms with Crippen LogP contribution in [0.2, 0.25) is 0 Å². The van der Waals surface area contributed by atoms with E-state index >= 15 is 0 Å². The summed E-state index contributed by atoms with van der Waals surface area (Å²) in [5.74, 6) is -2.07. The highest BCUT2D eigenvalue weighted by molar-refractivity contribution is 9.09. The SMILES string of the molecule is C=CCN(CCN1CCOCC1)C(=O)C1N([C@@H](CO)C(C)C)C(=O)[C@@H]2[C@@H](C(=O)OCC)[C@@H]3SC12CC3Br. The molecule has 208 valence electrons. The van der Waals surface area contributed by atoms with Crippen LogP contribution in [0.1, 0.15) is 27.2 Å². The molecule has 4 rings (SSSR count). The third-order valence-corrected chi connectivity index (χ3v) is 11.5. The van der Waals surface area contributed by atoms with E-state index in [9.17, 15) is 19.5 Å². The van der Waals surface area contributed by atoms with Crippen LogP contribution in [0.5, 0.6) is 0 Å². The molecule has 4 heterocycles. The zero-order valence-electron chi connectivity index (χ0n) is 22.0. The predicted octanol–water partition coefficient (Wildman–Crippen LogP) is 1.38. The fraction of sp³-hybridized carbons (Fsp3) is 0.808. The quantitative estimate of drug-likeness (QED) is 0.215. The molecular weight excluding hydrogens is 562 g/mol. The van der Waals surface area contributed by atoms with Crippen LogP contribution in [-0.4, -0.2) is 124 Å². The van der Waals surface area contributed by atoms with Crippen LogP contribution in [0.25, 0.3) is 0 Å². The summed E-state index contributed by atoms with van der Waals surface area (Å²) >= 11 is 5.36. The predicted molar refractivity (Wildman–Crippen MR) is 145 cm³/mol. The van der Waals surface area contributed by atoms with Crippen molar-refractivity contribution in [2.45, 2.75) is 54.1 Å². The minimum absolute atomic E-state index is 0.0148. The number of ether oxygens (including phenoxy) is 2. The van der Waals surface area contributed by atoms with Crippen molar-refractivity contribution in [1.82, 2.24) is 14.7 Å². The van der Waals surface area contributed by atoms with Gasteiger partial charge in [-0.15, -0.1) is 18.3 Å². The van der Waals surface area contributed by atoms with Crippen LogP contribution in [0.3, 0.4) is 0 Å². The molecule has 0 radical (unpaired) electrons. The lowest BCUT2D eigenvalue weighted by Crippen LogP contribution is -2.59. The van der Waals surface area contributed by atoms with Gasteiger partial charge in [0.2, 0.25) is 11.8 Å². The summed E-state index contributed by atoms with van der Waals surface area (Å²) in [5, 5.41) is 10.2. The van der Waals surface area contributed by atoms with Crippen molar-refractivity contribution in [2.24, 2.45) is 17.8 Å². The zero-order chi connectivity index (χ0) is 26.9. The number of carbonyl (C=O) groups excluding carboxylic acids is 3. The summed E-state index contributed by atoms with van der Waals surface area (Å²) in [5.41, 5.74) is 0. The fourth-order valence-electron chi connectivity index (χ4n) is 6.54. The molecule has 0 aromatic heterocycles. The molecular formula is C26H40BrN3O6S. The van der Waals surface area contributed by atoms with Gasteiger partial charge in [0, 0.05) is 42.8 Å². The zero-order valence-corrected chi connectivity index (χ0v) is 24.4. The topological polar surface area (TPSA) is 99.6 Å². The number of aliphatic hydroxyl groups is 1. The fourth-order valence-corrected chi connectivity index (χ4v) is 10.1. The number of morpholine rings is 1. The number of carbonyl (C=O) groups is 3. The van der Waals surface area contributed by atoms with Crippen LogP contribution < -0.4 is 0 Å². The molecule has 4 saturated heterocycles. The van der Waals surface area contributed by atoms with Gasteiger partial charge in [0.05, 0.1) is 49.1 Å². The maximum atomic E-state index is 14.5. The van der Waals surface area contributed by atoms with Crippen LogP contribution in [0, 0.1) is 17.8 Å². The van der Waals surface area contributed by atoms with Gasteiger partial charge in [-0.3, -0.25) is 19.3 Å². The van der Waals surface area contributed by atoms with Crippen LogP contribution in [0.15, 0.2) is 12.7 Å². The van der Waals surface area contributed by atoms with Gasteiger partial charge in [-0.2, -0.15) is 0 Å². The summed E-state index contributed by atoms with van der Waals surface area (Å²) in [4.78, 5) is 47.4. The Labute approximate surface area is 232 Å². The number of amides is 2. The van der Waals surface area contributed by atoms with E-state index in [1.807, 2.05) is 13.8 Å². The first-order chi connectivity index (χ1) is 17.7. The number of hydrogen-bond acceptors (Lipinski definition) is 8. The number of fused-ring (bicyclic) bond motifs is 1. The molecule has 11 heteroatoms. The Morgan fingerprint density at radius 1 is 1.38 bits per heavy atom. The van der Waals surface area contributed by atoms with Crippen molar-refractivity contribution in [3.63, 3.8) is 0 Å². The number of thioether (sulfide) groups is 1. The average Bonchev–Trinajstić information content (AvgIpc) is 3.46. The number of nitrogens with zero attached hydrogens (tertiary/aromatic N) is 3. The third kappa shape index (κ3) is 5.11. The second-order valence-electron chi connectivity index (χ2n) is 10.7. The first-order valence-corrected chi connectivity index (χ1v) is 15.1. The van der Waals surface area contributed by atoms with E-state index in [0.29, 0.717) is 39.3 Å². The van der Waals surface area contributed by atoms with Crippen molar-refractivity contribution in [3.05, 3.63) is 12.7 Å². The molecule has 1 spiro atoms. The Morgan fingerprint density at radius 3 is 2.68 bits per heavy atom. The Hall–Kier alpha value is -1.14. The number of likely N-dealkylation sites (tertiary alicyclic amines) is 1. The van der Waals surface area contributed by atoms with Crippen molar-refractivity contribution in [3.8, 4) is 0 Å². The molecule has 4 aliphatic rings. The first-order valence-electron chi connectivity index (χ1n) is 13.3. The molecule has 7 atom stereocenters. The number of alkyl halides is 1. The molecule has 2 bridgehead atoms. The van der Waals surface area contributed by atoms with Gasteiger partial charge in [-0.25, -0.2) is 0 Å². The van der Waals surface area contributed by atoms with Gasteiger partial charge in [0.1, 0.15) is 6.04 Å². The van der Waals surface area contributed by atoms with Gasteiger partial charge >= 0.3 is 5.97 Å². The standard InChI is InChI=1S/C26H40BrN3O6S/c1-5-7-29(9-8-28-10-12-35-13-11-28)24(33)22-26-14-17(27)21(37-26)19(25(34)36-6-2)20(26)23(32)30(22)18(15-31)16(3)4/h5,16-22,31H,1,6-15H2,2-4H3/t17?,18-,19+,20-,21+,22?,26?/m0/s1. The third-order valence-electron chi connectivity index (χ3n) is 8.28. The molecule has 3 unspecified atom stereocenters. The molecule has 0 saturated carbocycles. The van der Waals surface area contributed by atoms with E-state index in [-0.39, 0.29) is 47.0 Å². The number of rotatable bonds is 11. The van der Waals surface area contributed by atoms with E-state index < -0.39 is 28.7 Å². The summed E-state index contributed by atoms with van der Waals surface area (Å²) in [6, 6.07) is -1.30. The first kappa shape index (κ1) is 28.9. The Bertz CT molecular complexity index is 886. The summed E-state index contributed by atoms with van der Waals surface area (Å²) in [7, 11) is 0. The average molecular weight is 603 g/mol. The van der Waals surface area contributed by atoms with Crippen LogP contribution in [0.4, 0.5) is 0 Å². The lowest BCUT2D eigenvalue weighted by atomic mass is 9.71. The molecule has 0 aromatic rings. The normalized spacial score (nSPS) is 34.1.